The van der Waals surface area contributed by atoms with E-state index in [2.05, 4.69) is 16.6 Å². The van der Waals surface area contributed by atoms with Crippen LogP contribution in [0.4, 0.5) is 0 Å². The van der Waals surface area contributed by atoms with Crippen LogP contribution in [-0.4, -0.2) is 21.2 Å². The van der Waals surface area contributed by atoms with Gasteiger partial charge in [-0.05, 0) is 40.6 Å². The molecule has 0 saturated heterocycles. The molecule has 0 amide bonds. The number of aliphatic carboxylic acids is 1. The number of carbonyl (C=O) groups is 1. The number of nitrogens with two attached hydrogens (primary N) is 1. The molecule has 3 N–H and O–H groups in total. The lowest BCUT2D eigenvalue weighted by atomic mass is 10.0. The second-order valence-electron chi connectivity index (χ2n) is 3.70. The minimum atomic E-state index is -1.37. The Morgan fingerprint density at radius 1 is 1.72 bits per heavy atom. The highest BCUT2D eigenvalue weighted by Gasteiger charge is 2.30. The van der Waals surface area contributed by atoms with Crippen LogP contribution in [0.15, 0.2) is 41.1 Å². The first-order valence-electron chi connectivity index (χ1n) is 5.04. The van der Waals surface area contributed by atoms with Gasteiger partial charge in [-0.25, -0.2) is 4.79 Å². The van der Waals surface area contributed by atoms with E-state index in [1.807, 2.05) is 0 Å². The molecule has 0 aliphatic heterocycles. The summed E-state index contributed by atoms with van der Waals surface area (Å²) >= 11 is 1.69. The van der Waals surface area contributed by atoms with Crippen molar-refractivity contribution in [2.24, 2.45) is 10.8 Å². The Labute approximate surface area is 119 Å². The predicted octanol–water partition coefficient (Wildman–Crippen LogP) is 2.92. The van der Waals surface area contributed by atoms with Gasteiger partial charge in [-0.15, -0.1) is 0 Å². The minimum Gasteiger partial charge on any atom is -0.479 e. The van der Waals surface area contributed by atoms with Gasteiger partial charge in [0.1, 0.15) is 0 Å². The molecule has 6 nitrogen and oxygen atoms in total. The molecule has 0 fully saturated rings. The van der Waals surface area contributed by atoms with E-state index in [4.69, 9.17) is 16.4 Å². The number of allylic oxidation sites excluding steroid dienone is 3. The monoisotopic (exact) mass is 362 g/mol. The standard InChI is InChI=1S/C11H15IN4O2/c1-3-4-9(5-8(2)7-15-16-14)6-11(12,13)10(17)18/h3-5H,1,6-7,13H2,2H3,(H,17,18)/b8-5+,9-4+/t11-/m1/s1. The van der Waals surface area contributed by atoms with Crippen molar-refractivity contribution in [2.75, 3.05) is 6.54 Å². The number of carboxylic acids is 1. The van der Waals surface area contributed by atoms with E-state index in [9.17, 15) is 4.79 Å². The second kappa shape index (κ2) is 7.91. The number of halogens is 1. The normalized spacial score (nSPS) is 15.5. The van der Waals surface area contributed by atoms with Crippen LogP contribution in [-0.2, 0) is 4.79 Å². The van der Waals surface area contributed by atoms with Gasteiger partial charge in [0, 0.05) is 17.9 Å². The Bertz CT molecular complexity index is 434. The fourth-order valence-corrected chi connectivity index (χ4v) is 1.63. The van der Waals surface area contributed by atoms with Gasteiger partial charge in [-0.3, -0.25) is 0 Å². The summed E-state index contributed by atoms with van der Waals surface area (Å²) in [6.07, 6.45) is 5.14. The van der Waals surface area contributed by atoms with E-state index >= 15 is 0 Å². The van der Waals surface area contributed by atoms with E-state index in [-0.39, 0.29) is 13.0 Å². The molecule has 0 aromatic rings. The first-order valence-corrected chi connectivity index (χ1v) is 6.12. The van der Waals surface area contributed by atoms with Crippen molar-refractivity contribution in [3.63, 3.8) is 0 Å². The molecule has 98 valence electrons. The SMILES string of the molecule is C=C/C=C(\C=C(/C)CN=[N+]=[N-])C[C@](N)(I)C(=O)O. The highest BCUT2D eigenvalue weighted by atomic mass is 127. The van der Waals surface area contributed by atoms with Gasteiger partial charge in [-0.1, -0.05) is 35.5 Å². The molecule has 7 heteroatoms. The number of azide groups is 1. The van der Waals surface area contributed by atoms with Gasteiger partial charge in [0.25, 0.3) is 0 Å². The lowest BCUT2D eigenvalue weighted by Gasteiger charge is -2.17. The summed E-state index contributed by atoms with van der Waals surface area (Å²) < 4.78 is -1.37. The van der Waals surface area contributed by atoms with Crippen LogP contribution in [0, 0.1) is 0 Å². The summed E-state index contributed by atoms with van der Waals surface area (Å²) in [6, 6.07) is 0. The van der Waals surface area contributed by atoms with E-state index < -0.39 is 9.51 Å². The molecule has 0 unspecified atom stereocenters. The molecule has 0 saturated carbocycles. The second-order valence-corrected chi connectivity index (χ2v) is 5.63. The van der Waals surface area contributed by atoms with Crippen LogP contribution < -0.4 is 5.73 Å². The van der Waals surface area contributed by atoms with E-state index in [0.29, 0.717) is 0 Å². The van der Waals surface area contributed by atoms with Gasteiger partial charge in [0.15, 0.2) is 3.55 Å². The maximum Gasteiger partial charge on any atom is 0.334 e. The zero-order chi connectivity index (χ0) is 14.2. The lowest BCUT2D eigenvalue weighted by Crippen LogP contribution is -2.41. The maximum absolute atomic E-state index is 10.9. The lowest BCUT2D eigenvalue weighted by molar-refractivity contribution is -0.139. The molecular weight excluding hydrogens is 347 g/mol. The van der Waals surface area contributed by atoms with Crippen molar-refractivity contribution in [3.8, 4) is 0 Å². The number of hydrogen-bond donors (Lipinski definition) is 2. The highest BCUT2D eigenvalue weighted by molar-refractivity contribution is 14.1. The molecule has 1 atom stereocenters. The van der Waals surface area contributed by atoms with Gasteiger partial charge in [0.2, 0.25) is 0 Å². The topological polar surface area (TPSA) is 112 Å². The minimum absolute atomic E-state index is 0.155. The Morgan fingerprint density at radius 3 is 2.78 bits per heavy atom. The van der Waals surface area contributed by atoms with Crippen molar-refractivity contribution in [2.45, 2.75) is 16.9 Å². The van der Waals surface area contributed by atoms with Gasteiger partial charge in [-0.2, -0.15) is 0 Å². The Morgan fingerprint density at radius 2 is 2.33 bits per heavy atom. The number of alkyl halides is 1. The average Bonchev–Trinajstić information content (AvgIpc) is 2.25. The third kappa shape index (κ3) is 6.43. The number of hydrogen-bond acceptors (Lipinski definition) is 3. The van der Waals surface area contributed by atoms with E-state index in [1.165, 1.54) is 0 Å². The zero-order valence-electron chi connectivity index (χ0n) is 10.0. The van der Waals surface area contributed by atoms with Crippen molar-refractivity contribution in [3.05, 3.63) is 46.4 Å². The summed E-state index contributed by atoms with van der Waals surface area (Å²) in [5.74, 6) is -1.08. The number of rotatable bonds is 7. The van der Waals surface area contributed by atoms with Crippen LogP contribution in [0.3, 0.4) is 0 Å². The smallest absolute Gasteiger partial charge is 0.334 e. The molecule has 18 heavy (non-hydrogen) atoms. The fraction of sp³-hybridized carbons (Fsp3) is 0.364. The molecule has 0 aromatic carbocycles. The molecule has 0 aliphatic rings. The van der Waals surface area contributed by atoms with Crippen molar-refractivity contribution in [1.29, 1.82) is 0 Å². The molecule has 0 radical (unpaired) electrons. The third-order valence-electron chi connectivity index (χ3n) is 1.96. The first-order chi connectivity index (χ1) is 8.33. The molecule has 0 heterocycles. The van der Waals surface area contributed by atoms with Gasteiger partial charge >= 0.3 is 5.97 Å². The maximum atomic E-state index is 10.9. The molecular formula is C11H15IN4O2. The average molecular weight is 362 g/mol. The summed E-state index contributed by atoms with van der Waals surface area (Å²) in [7, 11) is 0. The Hall–Kier alpha value is -1.31. The van der Waals surface area contributed by atoms with Crippen LogP contribution in [0.1, 0.15) is 13.3 Å². The first kappa shape index (κ1) is 16.7. The fourth-order valence-electron chi connectivity index (χ4n) is 1.19. The van der Waals surface area contributed by atoms with Gasteiger partial charge in [0.05, 0.1) is 0 Å². The Balaban J connectivity index is 5.01. The van der Waals surface area contributed by atoms with Crippen molar-refractivity contribution in [1.82, 2.24) is 0 Å². The third-order valence-corrected chi connectivity index (χ3v) is 2.81. The summed E-state index contributed by atoms with van der Waals surface area (Å²) in [5, 5.41) is 12.4. The number of nitrogens with zero attached hydrogens (tertiary/aromatic N) is 3. The summed E-state index contributed by atoms with van der Waals surface area (Å²) in [4.78, 5) is 13.6. The largest absolute Gasteiger partial charge is 0.479 e. The molecule has 0 aliphatic carbocycles. The van der Waals surface area contributed by atoms with E-state index in [1.54, 1.807) is 47.7 Å². The molecule has 0 aromatic heterocycles. The van der Waals surface area contributed by atoms with Gasteiger partial charge < -0.3 is 10.8 Å². The van der Waals surface area contributed by atoms with Crippen LogP contribution >= 0.6 is 22.6 Å². The summed E-state index contributed by atoms with van der Waals surface area (Å²) in [6.45, 7) is 5.59. The molecule has 0 spiro atoms. The quantitative estimate of drug-likeness (QED) is 0.138. The Kier molecular flexibility index (Phi) is 7.33. The highest BCUT2D eigenvalue weighted by Crippen LogP contribution is 2.23. The summed E-state index contributed by atoms with van der Waals surface area (Å²) in [5.41, 5.74) is 15.4. The predicted molar refractivity (Wildman–Crippen MR) is 79.2 cm³/mol. The number of carboxylic acid groups (broad SMARTS) is 1. The molecule has 0 rings (SSSR count). The van der Waals surface area contributed by atoms with Crippen LogP contribution in [0.25, 0.3) is 10.4 Å². The van der Waals surface area contributed by atoms with Crippen LogP contribution in [0.5, 0.6) is 0 Å². The van der Waals surface area contributed by atoms with E-state index in [0.717, 1.165) is 11.1 Å². The van der Waals surface area contributed by atoms with Crippen molar-refractivity contribution >= 4 is 28.6 Å². The van der Waals surface area contributed by atoms with Crippen molar-refractivity contribution < 1.29 is 9.90 Å². The van der Waals surface area contributed by atoms with Crippen LogP contribution in [0.2, 0.25) is 0 Å². The molecule has 0 bridgehead atoms. The zero-order valence-corrected chi connectivity index (χ0v) is 12.2.